The Bertz CT molecular complexity index is 336. The third-order valence-corrected chi connectivity index (χ3v) is 2.94. The van der Waals surface area contributed by atoms with Crippen molar-refractivity contribution in [1.82, 2.24) is 4.90 Å². The Morgan fingerprint density at radius 2 is 2.24 bits per heavy atom. The molecule has 0 aliphatic carbocycles. The van der Waals surface area contributed by atoms with E-state index in [9.17, 15) is 9.59 Å². The highest BCUT2D eigenvalue weighted by atomic mass is 16.6. The van der Waals surface area contributed by atoms with Crippen LogP contribution < -0.4 is 0 Å². The number of nitrogens with zero attached hydrogens (tertiary/aromatic N) is 1. The number of amides is 2. The highest BCUT2D eigenvalue weighted by Gasteiger charge is 2.41. The normalized spacial score (nSPS) is 21.2. The Morgan fingerprint density at radius 1 is 1.59 bits per heavy atom. The van der Waals surface area contributed by atoms with Gasteiger partial charge in [-0.2, -0.15) is 0 Å². The first-order valence-electron chi connectivity index (χ1n) is 5.76. The second-order valence-electron chi connectivity index (χ2n) is 4.46. The van der Waals surface area contributed by atoms with E-state index in [1.165, 1.54) is 4.90 Å². The summed E-state index contributed by atoms with van der Waals surface area (Å²) < 4.78 is 4.94. The highest BCUT2D eigenvalue weighted by molar-refractivity contribution is 5.95. The SMILES string of the molecule is C=CC[C@@H](C=C)C(=O)N1C(=O)OC[C@@H]1C(C)C. The standard InChI is InChI=1S/C13H19NO3/c1-5-7-10(6-2)12(15)14-11(9(3)4)8-17-13(14)16/h5-6,9-11H,1-2,7-8H2,3-4H3/t10-,11-/m1/s1. The van der Waals surface area contributed by atoms with Gasteiger partial charge in [0.1, 0.15) is 6.61 Å². The summed E-state index contributed by atoms with van der Waals surface area (Å²) in [6.07, 6.45) is 3.13. The van der Waals surface area contributed by atoms with E-state index in [0.29, 0.717) is 6.42 Å². The van der Waals surface area contributed by atoms with Crippen LogP contribution in [-0.2, 0) is 9.53 Å². The molecule has 2 atom stereocenters. The van der Waals surface area contributed by atoms with Crippen molar-refractivity contribution >= 4 is 12.0 Å². The molecule has 17 heavy (non-hydrogen) atoms. The molecule has 0 N–H and O–H groups in total. The van der Waals surface area contributed by atoms with E-state index in [4.69, 9.17) is 4.74 Å². The van der Waals surface area contributed by atoms with E-state index in [1.807, 2.05) is 13.8 Å². The van der Waals surface area contributed by atoms with Crippen molar-refractivity contribution in [1.29, 1.82) is 0 Å². The third-order valence-electron chi connectivity index (χ3n) is 2.94. The zero-order chi connectivity index (χ0) is 13.0. The molecule has 0 unspecified atom stereocenters. The number of hydrogen-bond acceptors (Lipinski definition) is 3. The molecule has 94 valence electrons. The minimum atomic E-state index is -0.551. The van der Waals surface area contributed by atoms with Crippen molar-refractivity contribution in [2.45, 2.75) is 26.3 Å². The fourth-order valence-electron chi connectivity index (χ4n) is 1.84. The number of ether oxygens (including phenoxy) is 1. The lowest BCUT2D eigenvalue weighted by molar-refractivity contribution is -0.132. The number of hydrogen-bond donors (Lipinski definition) is 0. The van der Waals surface area contributed by atoms with Crippen molar-refractivity contribution in [2.24, 2.45) is 11.8 Å². The summed E-state index contributed by atoms with van der Waals surface area (Å²) in [5, 5.41) is 0. The average Bonchev–Trinajstić information content (AvgIpc) is 2.67. The summed E-state index contributed by atoms with van der Waals surface area (Å²) in [6, 6.07) is -0.178. The van der Waals surface area contributed by atoms with Crippen LogP contribution in [0.5, 0.6) is 0 Å². The molecule has 0 aromatic rings. The number of carbonyl (C=O) groups is 2. The summed E-state index contributed by atoms with van der Waals surface area (Å²) in [7, 11) is 0. The molecule has 2 amide bonds. The smallest absolute Gasteiger partial charge is 0.417 e. The molecule has 4 nitrogen and oxygen atoms in total. The molecule has 1 saturated heterocycles. The summed E-state index contributed by atoms with van der Waals surface area (Å²) >= 11 is 0. The van der Waals surface area contributed by atoms with Crippen LogP contribution >= 0.6 is 0 Å². The van der Waals surface area contributed by atoms with Gasteiger partial charge in [-0.25, -0.2) is 9.69 Å². The summed E-state index contributed by atoms with van der Waals surface area (Å²) in [5.74, 6) is -0.472. The topological polar surface area (TPSA) is 46.6 Å². The molecule has 0 aromatic heterocycles. The van der Waals surface area contributed by atoms with E-state index in [2.05, 4.69) is 13.2 Å². The fraction of sp³-hybridized carbons (Fsp3) is 0.538. The van der Waals surface area contributed by atoms with Crippen molar-refractivity contribution in [3.05, 3.63) is 25.3 Å². The molecule has 0 aromatic carbocycles. The van der Waals surface area contributed by atoms with Gasteiger partial charge < -0.3 is 4.74 Å². The maximum Gasteiger partial charge on any atom is 0.417 e. The lowest BCUT2D eigenvalue weighted by atomic mass is 10.00. The van der Waals surface area contributed by atoms with Gasteiger partial charge in [-0.05, 0) is 12.3 Å². The van der Waals surface area contributed by atoms with Crippen LogP contribution in [0.3, 0.4) is 0 Å². The van der Waals surface area contributed by atoms with Crippen LogP contribution in [0.1, 0.15) is 20.3 Å². The highest BCUT2D eigenvalue weighted by Crippen LogP contribution is 2.23. The van der Waals surface area contributed by atoms with Gasteiger partial charge in [0.2, 0.25) is 5.91 Å². The Hall–Kier alpha value is -1.58. The maximum atomic E-state index is 12.2. The summed E-state index contributed by atoms with van der Waals surface area (Å²) in [6.45, 7) is 11.4. The van der Waals surface area contributed by atoms with E-state index < -0.39 is 12.0 Å². The quantitative estimate of drug-likeness (QED) is 0.690. The molecule has 1 fully saturated rings. The molecule has 1 heterocycles. The van der Waals surface area contributed by atoms with Gasteiger partial charge in [0.15, 0.2) is 0 Å². The van der Waals surface area contributed by atoms with Crippen LogP contribution in [0.15, 0.2) is 25.3 Å². The predicted octanol–water partition coefficient (Wildman–Crippen LogP) is 2.37. The second-order valence-corrected chi connectivity index (χ2v) is 4.46. The van der Waals surface area contributed by atoms with E-state index >= 15 is 0 Å². The maximum absolute atomic E-state index is 12.2. The molecule has 0 radical (unpaired) electrons. The molecule has 1 aliphatic rings. The lowest BCUT2D eigenvalue weighted by Crippen LogP contribution is -2.44. The zero-order valence-electron chi connectivity index (χ0n) is 10.4. The fourth-order valence-corrected chi connectivity index (χ4v) is 1.84. The first-order chi connectivity index (χ1) is 8.02. The van der Waals surface area contributed by atoms with Crippen molar-refractivity contribution in [3.63, 3.8) is 0 Å². The van der Waals surface area contributed by atoms with Crippen LogP contribution in [-0.4, -0.2) is 29.5 Å². The summed E-state index contributed by atoms with van der Waals surface area (Å²) in [5.41, 5.74) is 0. The van der Waals surface area contributed by atoms with Crippen molar-refractivity contribution in [2.75, 3.05) is 6.61 Å². The van der Waals surface area contributed by atoms with Gasteiger partial charge >= 0.3 is 6.09 Å². The third kappa shape index (κ3) is 2.75. The van der Waals surface area contributed by atoms with Crippen LogP contribution in [0.4, 0.5) is 4.79 Å². The number of allylic oxidation sites excluding steroid dienone is 1. The molecule has 1 rings (SSSR count). The molecule has 1 aliphatic heterocycles. The Morgan fingerprint density at radius 3 is 2.71 bits per heavy atom. The monoisotopic (exact) mass is 237 g/mol. The van der Waals surface area contributed by atoms with Gasteiger partial charge in [-0.3, -0.25) is 4.79 Å². The molecule has 0 saturated carbocycles. The van der Waals surface area contributed by atoms with Gasteiger partial charge in [0.25, 0.3) is 0 Å². The van der Waals surface area contributed by atoms with Crippen LogP contribution in [0.25, 0.3) is 0 Å². The predicted molar refractivity (Wildman–Crippen MR) is 65.3 cm³/mol. The largest absolute Gasteiger partial charge is 0.447 e. The minimum Gasteiger partial charge on any atom is -0.447 e. The van der Waals surface area contributed by atoms with Crippen LogP contribution in [0.2, 0.25) is 0 Å². The van der Waals surface area contributed by atoms with Gasteiger partial charge in [-0.1, -0.05) is 26.0 Å². The first-order valence-corrected chi connectivity index (χ1v) is 5.76. The number of cyclic esters (lactones) is 1. The van der Waals surface area contributed by atoms with E-state index in [0.717, 1.165) is 0 Å². The first kappa shape index (κ1) is 13.5. The molecular weight excluding hydrogens is 218 g/mol. The molecule has 4 heteroatoms. The van der Waals surface area contributed by atoms with E-state index in [-0.39, 0.29) is 24.5 Å². The molecule has 0 bridgehead atoms. The molecule has 0 spiro atoms. The Labute approximate surface area is 102 Å². The van der Waals surface area contributed by atoms with Crippen molar-refractivity contribution < 1.29 is 14.3 Å². The van der Waals surface area contributed by atoms with Gasteiger partial charge in [-0.15, -0.1) is 13.2 Å². The Balaban J connectivity index is 2.87. The second kappa shape index (κ2) is 5.66. The Kier molecular flexibility index (Phi) is 4.49. The number of carbonyl (C=O) groups excluding carboxylic acids is 2. The number of rotatable bonds is 5. The van der Waals surface area contributed by atoms with Crippen molar-refractivity contribution in [3.8, 4) is 0 Å². The molecular formula is C13H19NO3. The minimum absolute atomic E-state index is 0.178. The van der Waals surface area contributed by atoms with Gasteiger partial charge in [0, 0.05) is 0 Å². The average molecular weight is 237 g/mol. The van der Waals surface area contributed by atoms with E-state index in [1.54, 1.807) is 12.2 Å². The summed E-state index contributed by atoms with van der Waals surface area (Å²) in [4.78, 5) is 25.0. The zero-order valence-corrected chi connectivity index (χ0v) is 10.4. The van der Waals surface area contributed by atoms with Gasteiger partial charge in [0.05, 0.1) is 12.0 Å². The lowest BCUT2D eigenvalue weighted by Gasteiger charge is -2.25. The van der Waals surface area contributed by atoms with Crippen LogP contribution in [0, 0.1) is 11.8 Å². The number of imide groups is 1.